The molecule has 2 N–H and O–H groups in total. The number of aromatic amines is 1. The van der Waals surface area contributed by atoms with Crippen LogP contribution in [0.1, 0.15) is 29.8 Å². The zero-order valence-electron chi connectivity index (χ0n) is 16.6. The van der Waals surface area contributed by atoms with Gasteiger partial charge in [-0.2, -0.15) is 5.10 Å². The third kappa shape index (κ3) is 3.24. The summed E-state index contributed by atoms with van der Waals surface area (Å²) in [5.74, 6) is -0.315. The van der Waals surface area contributed by atoms with Crippen LogP contribution in [-0.2, 0) is 9.59 Å². The number of pyridine rings is 1. The van der Waals surface area contributed by atoms with Gasteiger partial charge in [0.15, 0.2) is 0 Å². The first-order valence-corrected chi connectivity index (χ1v) is 10.4. The first-order valence-electron chi connectivity index (χ1n) is 10.4. The number of H-pyrrole nitrogens is 1. The van der Waals surface area contributed by atoms with Crippen LogP contribution in [-0.4, -0.2) is 74.9 Å². The molecule has 0 radical (unpaired) electrons. The van der Waals surface area contributed by atoms with Gasteiger partial charge in [0.25, 0.3) is 5.91 Å². The number of amides is 3. The fourth-order valence-electron chi connectivity index (χ4n) is 5.04. The van der Waals surface area contributed by atoms with Crippen molar-refractivity contribution in [2.75, 3.05) is 26.2 Å². The van der Waals surface area contributed by atoms with Crippen molar-refractivity contribution in [3.05, 3.63) is 36.2 Å². The minimum atomic E-state index is -0.224. The molecule has 4 heterocycles. The number of nitrogens with zero attached hydrogens (tertiary/aromatic N) is 4. The van der Waals surface area contributed by atoms with E-state index in [0.29, 0.717) is 36.7 Å². The van der Waals surface area contributed by atoms with Crippen molar-refractivity contribution in [3.63, 3.8) is 0 Å². The summed E-state index contributed by atoms with van der Waals surface area (Å²) in [5.41, 5.74) is 1.72. The maximum absolute atomic E-state index is 13.2. The molecule has 2 aliphatic heterocycles. The number of aromatic nitrogens is 3. The molecule has 0 unspecified atom stereocenters. The Labute approximate surface area is 173 Å². The molecule has 2 saturated heterocycles. The predicted octanol–water partition coefficient (Wildman–Crippen LogP) is 0.671. The number of hydrogen-bond donors (Lipinski definition) is 2. The SMILES string of the molecule is O=C1CN(C(=O)[C@@H]2[C@H]3CC[C@@H]2N(C(=O)c2cc(-c4ccccn4)n[nH]2)C3)CCCN1. The summed E-state index contributed by atoms with van der Waals surface area (Å²) >= 11 is 0. The summed E-state index contributed by atoms with van der Waals surface area (Å²) in [6.07, 6.45) is 4.19. The molecule has 3 aliphatic rings. The van der Waals surface area contributed by atoms with Crippen LogP contribution < -0.4 is 5.32 Å². The maximum atomic E-state index is 13.2. The average Bonchev–Trinajstić information content (AvgIpc) is 3.46. The normalized spacial score (nSPS) is 25.9. The Morgan fingerprint density at radius 1 is 1.17 bits per heavy atom. The van der Waals surface area contributed by atoms with E-state index >= 15 is 0 Å². The average molecular weight is 408 g/mol. The van der Waals surface area contributed by atoms with Crippen LogP contribution in [0.4, 0.5) is 0 Å². The van der Waals surface area contributed by atoms with Crippen LogP contribution in [0, 0.1) is 11.8 Å². The van der Waals surface area contributed by atoms with Crippen molar-refractivity contribution >= 4 is 17.7 Å². The van der Waals surface area contributed by atoms with Gasteiger partial charge in [-0.05, 0) is 43.4 Å². The molecule has 0 aromatic carbocycles. The smallest absolute Gasteiger partial charge is 0.272 e. The zero-order valence-corrected chi connectivity index (χ0v) is 16.6. The number of carbonyl (C=O) groups is 3. The molecule has 9 heteroatoms. The first kappa shape index (κ1) is 18.8. The van der Waals surface area contributed by atoms with E-state index in [9.17, 15) is 14.4 Å². The van der Waals surface area contributed by atoms with Gasteiger partial charge < -0.3 is 15.1 Å². The Hall–Kier alpha value is -3.23. The quantitative estimate of drug-likeness (QED) is 0.776. The molecular formula is C21H24N6O3. The molecule has 1 aliphatic carbocycles. The summed E-state index contributed by atoms with van der Waals surface area (Å²) in [7, 11) is 0. The Morgan fingerprint density at radius 3 is 2.90 bits per heavy atom. The highest BCUT2D eigenvalue weighted by atomic mass is 16.2. The van der Waals surface area contributed by atoms with Crippen molar-refractivity contribution < 1.29 is 14.4 Å². The van der Waals surface area contributed by atoms with Crippen LogP contribution in [0.5, 0.6) is 0 Å². The highest BCUT2D eigenvalue weighted by molar-refractivity contribution is 5.95. The lowest BCUT2D eigenvalue weighted by Gasteiger charge is -2.28. The number of piperidine rings is 1. The third-order valence-corrected chi connectivity index (χ3v) is 6.44. The van der Waals surface area contributed by atoms with Crippen LogP contribution >= 0.6 is 0 Å². The number of carbonyl (C=O) groups excluding carboxylic acids is 3. The van der Waals surface area contributed by atoms with Crippen molar-refractivity contribution in [1.29, 1.82) is 0 Å². The van der Waals surface area contributed by atoms with Gasteiger partial charge in [-0.15, -0.1) is 0 Å². The first-order chi connectivity index (χ1) is 14.6. The van der Waals surface area contributed by atoms with E-state index in [4.69, 9.17) is 0 Å². The van der Waals surface area contributed by atoms with Gasteiger partial charge in [0.05, 0.1) is 18.2 Å². The fourth-order valence-corrected chi connectivity index (χ4v) is 5.04. The lowest BCUT2D eigenvalue weighted by atomic mass is 9.96. The van der Waals surface area contributed by atoms with Crippen molar-refractivity contribution in [1.82, 2.24) is 30.3 Å². The second kappa shape index (κ2) is 7.55. The lowest BCUT2D eigenvalue weighted by Crippen LogP contribution is -2.45. The van der Waals surface area contributed by atoms with E-state index < -0.39 is 0 Å². The van der Waals surface area contributed by atoms with Gasteiger partial charge in [-0.3, -0.25) is 24.5 Å². The molecule has 3 fully saturated rings. The predicted molar refractivity (Wildman–Crippen MR) is 107 cm³/mol. The maximum Gasteiger partial charge on any atom is 0.272 e. The summed E-state index contributed by atoms with van der Waals surface area (Å²) in [5, 5.41) is 9.87. The summed E-state index contributed by atoms with van der Waals surface area (Å²) < 4.78 is 0. The minimum Gasteiger partial charge on any atom is -0.354 e. The monoisotopic (exact) mass is 408 g/mol. The van der Waals surface area contributed by atoms with Gasteiger partial charge in [0.1, 0.15) is 11.4 Å². The Balaban J connectivity index is 1.32. The molecule has 1 saturated carbocycles. The molecule has 5 rings (SSSR count). The Bertz CT molecular complexity index is 974. The molecular weight excluding hydrogens is 384 g/mol. The van der Waals surface area contributed by atoms with Crippen LogP contribution in [0.25, 0.3) is 11.4 Å². The largest absolute Gasteiger partial charge is 0.354 e. The summed E-state index contributed by atoms with van der Waals surface area (Å²) in [6, 6.07) is 7.13. The van der Waals surface area contributed by atoms with Crippen LogP contribution in [0.15, 0.2) is 30.5 Å². The van der Waals surface area contributed by atoms with E-state index in [-0.39, 0.29) is 42.1 Å². The summed E-state index contributed by atoms with van der Waals surface area (Å²) in [6.45, 7) is 1.85. The molecule has 2 aromatic heterocycles. The number of rotatable bonds is 3. The topological polar surface area (TPSA) is 111 Å². The molecule has 2 aromatic rings. The molecule has 3 amide bonds. The fraction of sp³-hybridized carbons (Fsp3) is 0.476. The lowest BCUT2D eigenvalue weighted by molar-refractivity contribution is -0.139. The van der Waals surface area contributed by atoms with Crippen molar-refractivity contribution in [2.45, 2.75) is 25.3 Å². The van der Waals surface area contributed by atoms with Gasteiger partial charge >= 0.3 is 0 Å². The number of fused-ring (bicyclic) bond motifs is 2. The molecule has 156 valence electrons. The zero-order chi connectivity index (χ0) is 20.7. The van der Waals surface area contributed by atoms with Crippen LogP contribution in [0.3, 0.4) is 0 Å². The molecule has 0 spiro atoms. The van der Waals surface area contributed by atoms with Gasteiger partial charge in [0, 0.05) is 31.9 Å². The Morgan fingerprint density at radius 2 is 2.07 bits per heavy atom. The van der Waals surface area contributed by atoms with Crippen molar-refractivity contribution in [2.24, 2.45) is 11.8 Å². The number of nitrogens with one attached hydrogen (secondary N) is 2. The van der Waals surface area contributed by atoms with Crippen molar-refractivity contribution in [3.8, 4) is 11.4 Å². The second-order valence-electron chi connectivity index (χ2n) is 8.23. The van der Waals surface area contributed by atoms with Gasteiger partial charge in [-0.25, -0.2) is 0 Å². The van der Waals surface area contributed by atoms with E-state index in [1.54, 1.807) is 17.2 Å². The highest BCUT2D eigenvalue weighted by Gasteiger charge is 2.53. The van der Waals surface area contributed by atoms with E-state index in [1.165, 1.54) is 0 Å². The number of likely N-dealkylation sites (tertiary alicyclic amines) is 1. The van der Waals surface area contributed by atoms with Gasteiger partial charge in [0.2, 0.25) is 11.8 Å². The van der Waals surface area contributed by atoms with Gasteiger partial charge in [-0.1, -0.05) is 6.07 Å². The third-order valence-electron chi connectivity index (χ3n) is 6.44. The molecule has 2 bridgehead atoms. The van der Waals surface area contributed by atoms with E-state index in [0.717, 1.165) is 19.3 Å². The van der Waals surface area contributed by atoms with Crippen LogP contribution in [0.2, 0.25) is 0 Å². The molecule has 30 heavy (non-hydrogen) atoms. The number of hydrogen-bond acceptors (Lipinski definition) is 5. The van der Waals surface area contributed by atoms with E-state index in [2.05, 4.69) is 20.5 Å². The molecule has 9 nitrogen and oxygen atoms in total. The highest BCUT2D eigenvalue weighted by Crippen LogP contribution is 2.44. The standard InChI is InChI=1S/C21H24N6O3/c28-18-12-26(9-3-8-23-18)21(30)19-13-5-6-17(19)27(11-13)20(29)16-10-15(24-25-16)14-4-1-2-7-22-14/h1-2,4,7,10,13,17,19H,3,5-6,8-9,11-12H2,(H,23,28)(H,24,25)/t13-,17-,19+/m0/s1. The Kier molecular flexibility index (Phi) is 4.72. The minimum absolute atomic E-state index is 0.00800. The van der Waals surface area contributed by atoms with E-state index in [1.807, 2.05) is 23.1 Å². The second-order valence-corrected chi connectivity index (χ2v) is 8.23. The molecule has 3 atom stereocenters. The summed E-state index contributed by atoms with van der Waals surface area (Å²) in [4.78, 5) is 46.0.